The lowest BCUT2D eigenvalue weighted by Crippen LogP contribution is -2.34. The zero-order valence-corrected chi connectivity index (χ0v) is 11.9. The van der Waals surface area contributed by atoms with Crippen molar-refractivity contribution in [3.8, 4) is 0 Å². The highest BCUT2D eigenvalue weighted by molar-refractivity contribution is 7.87. The third-order valence-corrected chi connectivity index (χ3v) is 4.59. The maximum absolute atomic E-state index is 12.4. The van der Waals surface area contributed by atoms with Crippen LogP contribution >= 0.6 is 0 Å². The fourth-order valence-electron chi connectivity index (χ4n) is 1.90. The molecule has 0 aromatic carbocycles. The molecule has 0 heterocycles. The predicted molar refractivity (Wildman–Crippen MR) is 62.9 cm³/mol. The minimum atomic E-state index is -5.87. The summed E-state index contributed by atoms with van der Waals surface area (Å²) in [5, 5.41) is 8.98. The van der Waals surface area contributed by atoms with E-state index in [0.29, 0.717) is 6.42 Å². The molecule has 1 aliphatic carbocycles. The highest BCUT2D eigenvalue weighted by Crippen LogP contribution is 2.45. The average molecular weight is 316 g/mol. The number of carboxylic acid groups (broad SMARTS) is 1. The van der Waals surface area contributed by atoms with E-state index >= 15 is 0 Å². The Balaban J connectivity index is 3.31. The van der Waals surface area contributed by atoms with Crippen molar-refractivity contribution >= 4 is 16.1 Å². The van der Waals surface area contributed by atoms with Gasteiger partial charge in [-0.1, -0.05) is 20.8 Å². The van der Waals surface area contributed by atoms with Crippen molar-refractivity contribution < 1.29 is 35.7 Å². The molecule has 5 nitrogen and oxygen atoms in total. The molecule has 0 radical (unpaired) electrons. The molecular weight excluding hydrogens is 301 g/mol. The minimum absolute atomic E-state index is 0.0462. The smallest absolute Gasteiger partial charge is 0.478 e. The summed E-state index contributed by atoms with van der Waals surface area (Å²) >= 11 is 0. The van der Waals surface area contributed by atoms with E-state index in [2.05, 4.69) is 4.18 Å². The maximum Gasteiger partial charge on any atom is 0.534 e. The Hall–Kier alpha value is -1.25. The maximum atomic E-state index is 12.4. The van der Waals surface area contributed by atoms with Gasteiger partial charge in [-0.25, -0.2) is 4.79 Å². The molecule has 0 aromatic rings. The standard InChI is InChI=1S/C11H15F3O5S/c1-6-8(19-20(17,18)11(12,13)14)7(9(15)16)4-5-10(6,2)3/h6H,4-5H2,1-3H3,(H,15,16). The molecule has 0 bridgehead atoms. The third kappa shape index (κ3) is 3.08. The van der Waals surface area contributed by atoms with Crippen molar-refractivity contribution in [3.05, 3.63) is 11.3 Å². The van der Waals surface area contributed by atoms with Gasteiger partial charge in [0.1, 0.15) is 5.76 Å². The number of alkyl halides is 3. The first-order valence-corrected chi connectivity index (χ1v) is 7.17. The third-order valence-electron chi connectivity index (χ3n) is 3.62. The summed E-state index contributed by atoms with van der Waals surface area (Å²) in [5.41, 5.74) is -6.58. The number of aliphatic carboxylic acids is 1. The van der Waals surface area contributed by atoms with E-state index < -0.39 is 44.3 Å². The van der Waals surface area contributed by atoms with Crippen LogP contribution in [0.25, 0.3) is 0 Å². The Labute approximate surface area is 114 Å². The summed E-state index contributed by atoms with van der Waals surface area (Å²) in [6.45, 7) is 4.86. The highest BCUT2D eigenvalue weighted by Gasteiger charge is 2.51. The van der Waals surface area contributed by atoms with Gasteiger partial charge in [0.15, 0.2) is 0 Å². The molecule has 0 spiro atoms. The molecule has 0 amide bonds. The summed E-state index contributed by atoms with van der Waals surface area (Å²) in [4.78, 5) is 11.0. The second-order valence-corrected chi connectivity index (χ2v) is 6.88. The van der Waals surface area contributed by atoms with Crippen molar-refractivity contribution in [2.45, 2.75) is 39.1 Å². The van der Waals surface area contributed by atoms with Crippen LogP contribution in [-0.4, -0.2) is 25.0 Å². The van der Waals surface area contributed by atoms with Crippen LogP contribution in [0.1, 0.15) is 33.6 Å². The topological polar surface area (TPSA) is 80.7 Å². The molecule has 1 rings (SSSR count). The van der Waals surface area contributed by atoms with Crippen LogP contribution < -0.4 is 0 Å². The van der Waals surface area contributed by atoms with Gasteiger partial charge in [0, 0.05) is 5.92 Å². The molecule has 0 saturated heterocycles. The van der Waals surface area contributed by atoms with E-state index in [0.717, 1.165) is 0 Å². The fraction of sp³-hybridized carbons (Fsp3) is 0.727. The second-order valence-electron chi connectivity index (χ2n) is 5.34. The lowest BCUT2D eigenvalue weighted by Gasteiger charge is -2.37. The molecule has 9 heteroatoms. The van der Waals surface area contributed by atoms with Gasteiger partial charge in [-0.15, -0.1) is 0 Å². The van der Waals surface area contributed by atoms with Crippen molar-refractivity contribution in [3.63, 3.8) is 0 Å². The molecule has 1 atom stereocenters. The van der Waals surface area contributed by atoms with Gasteiger partial charge in [0.25, 0.3) is 0 Å². The molecule has 1 N–H and O–H groups in total. The van der Waals surface area contributed by atoms with Crippen LogP contribution in [0.2, 0.25) is 0 Å². The quantitative estimate of drug-likeness (QED) is 0.639. The van der Waals surface area contributed by atoms with Gasteiger partial charge in [-0.05, 0) is 18.3 Å². The Morgan fingerprint density at radius 1 is 1.40 bits per heavy atom. The summed E-state index contributed by atoms with van der Waals surface area (Å²) in [6, 6.07) is 0. The molecular formula is C11H15F3O5S. The number of carbonyl (C=O) groups is 1. The Bertz CT molecular complexity index is 545. The van der Waals surface area contributed by atoms with E-state index in [4.69, 9.17) is 5.11 Å². The zero-order valence-electron chi connectivity index (χ0n) is 11.1. The van der Waals surface area contributed by atoms with Crippen LogP contribution in [0, 0.1) is 11.3 Å². The van der Waals surface area contributed by atoms with Gasteiger partial charge in [-0.3, -0.25) is 0 Å². The molecule has 1 aliphatic rings. The van der Waals surface area contributed by atoms with E-state index in [1.54, 1.807) is 13.8 Å². The predicted octanol–water partition coefficient (Wildman–Crippen LogP) is 2.65. The second kappa shape index (κ2) is 4.94. The Morgan fingerprint density at radius 3 is 2.30 bits per heavy atom. The SMILES string of the molecule is CC1C(OS(=O)(=O)C(F)(F)F)=C(C(=O)O)CCC1(C)C. The van der Waals surface area contributed by atoms with E-state index in [1.165, 1.54) is 6.92 Å². The number of carboxylic acids is 1. The van der Waals surface area contributed by atoms with Crippen LogP contribution in [0.15, 0.2) is 11.3 Å². The number of hydrogen-bond donors (Lipinski definition) is 1. The summed E-state index contributed by atoms with van der Waals surface area (Å²) in [5.74, 6) is -2.87. The summed E-state index contributed by atoms with van der Waals surface area (Å²) in [6.07, 6.45) is 0.365. The van der Waals surface area contributed by atoms with E-state index in [9.17, 15) is 26.4 Å². The van der Waals surface area contributed by atoms with E-state index in [-0.39, 0.29) is 6.42 Å². The van der Waals surface area contributed by atoms with Crippen molar-refractivity contribution in [2.24, 2.45) is 11.3 Å². The molecule has 1 unspecified atom stereocenters. The molecule has 0 fully saturated rings. The minimum Gasteiger partial charge on any atom is -0.478 e. The molecule has 0 saturated carbocycles. The Morgan fingerprint density at radius 2 is 1.90 bits per heavy atom. The van der Waals surface area contributed by atoms with Crippen LogP contribution in [0.5, 0.6) is 0 Å². The van der Waals surface area contributed by atoms with Crippen molar-refractivity contribution in [1.29, 1.82) is 0 Å². The Kier molecular flexibility index (Phi) is 4.15. The lowest BCUT2D eigenvalue weighted by molar-refractivity contribution is -0.133. The normalized spacial score (nSPS) is 23.6. The van der Waals surface area contributed by atoms with Gasteiger partial charge in [-0.2, -0.15) is 21.6 Å². The molecule has 0 aliphatic heterocycles. The number of allylic oxidation sites excluding steroid dienone is 1. The number of halogens is 3. The van der Waals surface area contributed by atoms with Gasteiger partial charge < -0.3 is 9.29 Å². The average Bonchev–Trinajstić information content (AvgIpc) is 2.22. The summed E-state index contributed by atoms with van der Waals surface area (Å²) in [7, 11) is -5.87. The lowest BCUT2D eigenvalue weighted by atomic mass is 9.70. The van der Waals surface area contributed by atoms with Crippen LogP contribution in [0.3, 0.4) is 0 Å². The first-order chi connectivity index (χ1) is 8.79. The first-order valence-electron chi connectivity index (χ1n) is 5.76. The number of hydrogen-bond acceptors (Lipinski definition) is 4. The fourth-order valence-corrected chi connectivity index (χ4v) is 2.48. The van der Waals surface area contributed by atoms with Gasteiger partial charge >= 0.3 is 21.6 Å². The van der Waals surface area contributed by atoms with Gasteiger partial charge in [0.2, 0.25) is 0 Å². The highest BCUT2D eigenvalue weighted by atomic mass is 32.2. The summed E-state index contributed by atoms with van der Waals surface area (Å²) < 4.78 is 63.3. The van der Waals surface area contributed by atoms with Crippen molar-refractivity contribution in [1.82, 2.24) is 0 Å². The molecule has 116 valence electrons. The van der Waals surface area contributed by atoms with Crippen LogP contribution in [-0.2, 0) is 19.1 Å². The van der Waals surface area contributed by atoms with Gasteiger partial charge in [0.05, 0.1) is 5.57 Å². The molecule has 20 heavy (non-hydrogen) atoms. The zero-order chi connectivity index (χ0) is 15.9. The van der Waals surface area contributed by atoms with Crippen molar-refractivity contribution in [2.75, 3.05) is 0 Å². The largest absolute Gasteiger partial charge is 0.534 e. The van der Waals surface area contributed by atoms with E-state index in [1.807, 2.05) is 0 Å². The molecule has 0 aromatic heterocycles. The monoisotopic (exact) mass is 316 g/mol. The number of rotatable bonds is 3. The van der Waals surface area contributed by atoms with Crippen LogP contribution in [0.4, 0.5) is 13.2 Å². The first kappa shape index (κ1) is 16.8.